The molecule has 0 unspecified atom stereocenters. The number of anilines is 2. The quantitative estimate of drug-likeness (QED) is 0.697. The molecule has 0 fully saturated rings. The van der Waals surface area contributed by atoms with Gasteiger partial charge in [-0.2, -0.15) is 8.42 Å². The van der Waals surface area contributed by atoms with E-state index in [1.807, 2.05) is 0 Å². The standard InChI is InChI=1S/C11H9ClFN3O2S/c1-7-6-14-11(12)16-10(7)15-8-3-2-4-9(5-8)19(13,17)18/h2-6H,1H3,(H,14,15,16). The van der Waals surface area contributed by atoms with Crippen molar-refractivity contribution in [2.75, 3.05) is 5.32 Å². The molecule has 100 valence electrons. The maximum atomic E-state index is 12.9. The second-order valence-electron chi connectivity index (χ2n) is 3.76. The lowest BCUT2D eigenvalue weighted by Gasteiger charge is -2.08. The van der Waals surface area contributed by atoms with Gasteiger partial charge in [0.05, 0.1) is 0 Å². The van der Waals surface area contributed by atoms with Crippen LogP contribution in [0.1, 0.15) is 5.56 Å². The molecule has 1 aromatic heterocycles. The minimum atomic E-state index is -4.73. The summed E-state index contributed by atoms with van der Waals surface area (Å²) in [6, 6.07) is 5.35. The van der Waals surface area contributed by atoms with Crippen molar-refractivity contribution >= 4 is 33.3 Å². The Labute approximate surface area is 114 Å². The average molecular weight is 302 g/mol. The third kappa shape index (κ3) is 3.39. The number of rotatable bonds is 3. The number of hydrogen-bond donors (Lipinski definition) is 1. The fourth-order valence-corrected chi connectivity index (χ4v) is 2.05. The molecule has 0 saturated heterocycles. The predicted molar refractivity (Wildman–Crippen MR) is 69.8 cm³/mol. The minimum absolute atomic E-state index is 0.0577. The number of nitrogens with one attached hydrogen (secondary N) is 1. The van der Waals surface area contributed by atoms with Gasteiger partial charge in [0.2, 0.25) is 5.28 Å². The van der Waals surface area contributed by atoms with Crippen molar-refractivity contribution < 1.29 is 12.3 Å². The third-order valence-corrected chi connectivity index (χ3v) is 3.32. The van der Waals surface area contributed by atoms with E-state index in [9.17, 15) is 12.3 Å². The molecule has 1 aromatic carbocycles. The number of aromatic nitrogens is 2. The van der Waals surface area contributed by atoms with Crippen LogP contribution in [0.3, 0.4) is 0 Å². The van der Waals surface area contributed by atoms with Gasteiger partial charge in [0.25, 0.3) is 0 Å². The molecule has 0 aliphatic rings. The summed E-state index contributed by atoms with van der Waals surface area (Å²) < 4.78 is 34.5. The zero-order chi connectivity index (χ0) is 14.0. The van der Waals surface area contributed by atoms with Crippen LogP contribution in [0.15, 0.2) is 35.4 Å². The van der Waals surface area contributed by atoms with Gasteiger partial charge in [-0.1, -0.05) is 6.07 Å². The lowest BCUT2D eigenvalue weighted by Crippen LogP contribution is -1.99. The molecule has 0 bridgehead atoms. The van der Waals surface area contributed by atoms with E-state index in [1.54, 1.807) is 13.0 Å². The molecular weight excluding hydrogens is 293 g/mol. The summed E-state index contributed by atoms with van der Waals surface area (Å²) in [4.78, 5) is 7.34. The molecule has 0 amide bonds. The first-order valence-corrected chi connectivity index (χ1v) is 6.93. The average Bonchev–Trinajstić information content (AvgIpc) is 2.33. The molecule has 0 aliphatic carbocycles. The summed E-state index contributed by atoms with van der Waals surface area (Å²) in [7, 11) is -4.73. The summed E-state index contributed by atoms with van der Waals surface area (Å²) in [5.74, 6) is 0.424. The van der Waals surface area contributed by atoms with Gasteiger partial charge in [-0.3, -0.25) is 0 Å². The van der Waals surface area contributed by atoms with Crippen LogP contribution in [0.5, 0.6) is 0 Å². The van der Waals surface area contributed by atoms with Crippen LogP contribution in [0.4, 0.5) is 15.4 Å². The molecule has 8 heteroatoms. The highest BCUT2D eigenvalue weighted by Crippen LogP contribution is 2.22. The molecule has 0 radical (unpaired) electrons. The van der Waals surface area contributed by atoms with Gasteiger partial charge in [0.1, 0.15) is 10.7 Å². The van der Waals surface area contributed by atoms with Gasteiger partial charge < -0.3 is 5.32 Å². The molecule has 0 aliphatic heterocycles. The van der Waals surface area contributed by atoms with Crippen molar-refractivity contribution in [3.05, 3.63) is 41.3 Å². The molecule has 0 spiro atoms. The summed E-state index contributed by atoms with van der Waals surface area (Å²) in [5, 5.41) is 2.92. The van der Waals surface area contributed by atoms with E-state index in [4.69, 9.17) is 11.6 Å². The van der Waals surface area contributed by atoms with E-state index in [1.165, 1.54) is 24.4 Å². The Balaban J connectivity index is 2.36. The van der Waals surface area contributed by atoms with Crippen LogP contribution in [-0.4, -0.2) is 18.4 Å². The maximum absolute atomic E-state index is 12.9. The Kier molecular flexibility index (Phi) is 3.68. The predicted octanol–water partition coefficient (Wildman–Crippen LogP) is 2.84. The smallest absolute Gasteiger partial charge is 0.332 e. The van der Waals surface area contributed by atoms with Crippen LogP contribution in [0.25, 0.3) is 0 Å². The second kappa shape index (κ2) is 5.10. The fraction of sp³-hybridized carbons (Fsp3) is 0.0909. The first-order valence-electron chi connectivity index (χ1n) is 5.17. The largest absolute Gasteiger partial charge is 0.340 e. The van der Waals surface area contributed by atoms with E-state index >= 15 is 0 Å². The number of halogens is 2. The Morgan fingerprint density at radius 1 is 1.37 bits per heavy atom. The molecule has 1 heterocycles. The summed E-state index contributed by atoms with van der Waals surface area (Å²) in [6.45, 7) is 1.76. The molecule has 2 aromatic rings. The molecule has 0 atom stereocenters. The van der Waals surface area contributed by atoms with Gasteiger partial charge in [0.15, 0.2) is 0 Å². The number of aryl methyl sites for hydroxylation is 1. The van der Waals surface area contributed by atoms with Crippen LogP contribution >= 0.6 is 11.6 Å². The van der Waals surface area contributed by atoms with Gasteiger partial charge in [-0.15, -0.1) is 3.89 Å². The zero-order valence-electron chi connectivity index (χ0n) is 9.76. The minimum Gasteiger partial charge on any atom is -0.340 e. The van der Waals surface area contributed by atoms with Crippen molar-refractivity contribution in [1.82, 2.24) is 9.97 Å². The van der Waals surface area contributed by atoms with Crippen molar-refractivity contribution in [2.24, 2.45) is 0 Å². The van der Waals surface area contributed by atoms with Gasteiger partial charge in [-0.05, 0) is 36.7 Å². The molecule has 0 saturated carbocycles. The highest BCUT2D eigenvalue weighted by Gasteiger charge is 2.12. The van der Waals surface area contributed by atoms with Gasteiger partial charge >= 0.3 is 10.2 Å². The van der Waals surface area contributed by atoms with Crippen molar-refractivity contribution in [2.45, 2.75) is 11.8 Å². The summed E-state index contributed by atoms with van der Waals surface area (Å²) >= 11 is 5.67. The fourth-order valence-electron chi connectivity index (χ4n) is 1.41. The first-order chi connectivity index (χ1) is 8.86. The molecular formula is C11H9ClFN3O2S. The van der Waals surface area contributed by atoms with Crippen LogP contribution in [0.2, 0.25) is 5.28 Å². The van der Waals surface area contributed by atoms with Crippen LogP contribution in [-0.2, 0) is 10.2 Å². The Bertz CT molecular complexity index is 722. The third-order valence-electron chi connectivity index (χ3n) is 2.32. The Morgan fingerprint density at radius 2 is 2.11 bits per heavy atom. The maximum Gasteiger partial charge on any atom is 0.332 e. The lowest BCUT2D eigenvalue weighted by molar-refractivity contribution is 0.552. The summed E-state index contributed by atoms with van der Waals surface area (Å²) in [5.41, 5.74) is 1.11. The van der Waals surface area contributed by atoms with E-state index in [0.29, 0.717) is 11.5 Å². The number of hydrogen-bond acceptors (Lipinski definition) is 5. The van der Waals surface area contributed by atoms with Crippen LogP contribution in [0, 0.1) is 6.92 Å². The van der Waals surface area contributed by atoms with E-state index in [0.717, 1.165) is 5.56 Å². The number of nitrogens with zero attached hydrogens (tertiary/aromatic N) is 2. The van der Waals surface area contributed by atoms with Gasteiger partial charge in [-0.25, -0.2) is 9.97 Å². The monoisotopic (exact) mass is 301 g/mol. The molecule has 19 heavy (non-hydrogen) atoms. The van der Waals surface area contributed by atoms with E-state index < -0.39 is 15.1 Å². The van der Waals surface area contributed by atoms with E-state index in [-0.39, 0.29) is 5.28 Å². The van der Waals surface area contributed by atoms with Crippen molar-refractivity contribution in [3.8, 4) is 0 Å². The highest BCUT2D eigenvalue weighted by molar-refractivity contribution is 7.86. The van der Waals surface area contributed by atoms with Crippen molar-refractivity contribution in [1.29, 1.82) is 0 Å². The zero-order valence-corrected chi connectivity index (χ0v) is 11.3. The molecule has 1 N–H and O–H groups in total. The normalized spacial score (nSPS) is 11.3. The lowest BCUT2D eigenvalue weighted by atomic mass is 10.3. The molecule has 2 rings (SSSR count). The first kappa shape index (κ1) is 13.7. The summed E-state index contributed by atoms with van der Waals surface area (Å²) in [6.07, 6.45) is 1.52. The molecule has 5 nitrogen and oxygen atoms in total. The second-order valence-corrected chi connectivity index (χ2v) is 5.45. The van der Waals surface area contributed by atoms with Gasteiger partial charge in [0, 0.05) is 17.4 Å². The SMILES string of the molecule is Cc1cnc(Cl)nc1Nc1cccc(S(=O)(=O)F)c1. The number of benzene rings is 1. The topological polar surface area (TPSA) is 72.0 Å². The van der Waals surface area contributed by atoms with E-state index in [2.05, 4.69) is 15.3 Å². The van der Waals surface area contributed by atoms with Crippen LogP contribution < -0.4 is 5.32 Å². The van der Waals surface area contributed by atoms with Crippen molar-refractivity contribution in [3.63, 3.8) is 0 Å². The highest BCUT2D eigenvalue weighted by atomic mass is 35.5. The Hall–Kier alpha value is -1.73. The Morgan fingerprint density at radius 3 is 2.79 bits per heavy atom.